The van der Waals surface area contributed by atoms with Crippen molar-refractivity contribution in [3.05, 3.63) is 35.4 Å². The smallest absolute Gasteiger partial charge is 0.315 e. The summed E-state index contributed by atoms with van der Waals surface area (Å²) in [6.07, 6.45) is 3.54. The molecule has 2 rings (SSSR count). The predicted octanol–water partition coefficient (Wildman–Crippen LogP) is 3.47. The lowest BCUT2D eigenvalue weighted by atomic mass is 9.86. The number of carboxylic acid groups (broad SMARTS) is 1. The minimum absolute atomic E-state index is 0.0849. The second kappa shape index (κ2) is 8.37. The molecule has 0 bridgehead atoms. The summed E-state index contributed by atoms with van der Waals surface area (Å²) in [5.74, 6) is -0.974. The zero-order chi connectivity index (χ0) is 18.4. The fraction of sp³-hybridized carbons (Fsp3) is 0.600. The molecule has 0 saturated heterocycles. The number of hydrogen-bond donors (Lipinski definition) is 3. The van der Waals surface area contributed by atoms with Crippen LogP contribution in [-0.4, -0.2) is 29.7 Å². The van der Waals surface area contributed by atoms with Crippen LogP contribution >= 0.6 is 0 Å². The summed E-state index contributed by atoms with van der Waals surface area (Å²) in [5, 5.41) is 14.8. The number of amides is 2. The molecule has 1 aliphatic rings. The van der Waals surface area contributed by atoms with Gasteiger partial charge in [0.25, 0.3) is 0 Å². The molecular weight excluding hydrogens is 316 g/mol. The molecule has 5 heteroatoms. The molecule has 0 heterocycles. The Balaban J connectivity index is 1.68. The summed E-state index contributed by atoms with van der Waals surface area (Å²) >= 11 is 0. The molecule has 1 saturated carbocycles. The zero-order valence-electron chi connectivity index (χ0n) is 15.5. The van der Waals surface area contributed by atoms with Gasteiger partial charge in [0.1, 0.15) is 0 Å². The molecule has 5 nitrogen and oxygen atoms in total. The Morgan fingerprint density at radius 1 is 1.08 bits per heavy atom. The van der Waals surface area contributed by atoms with Crippen molar-refractivity contribution in [1.29, 1.82) is 0 Å². The van der Waals surface area contributed by atoms with Gasteiger partial charge in [-0.05, 0) is 48.6 Å². The number of nitrogens with one attached hydrogen (secondary N) is 2. The van der Waals surface area contributed by atoms with Gasteiger partial charge in [-0.3, -0.25) is 4.79 Å². The summed E-state index contributed by atoms with van der Waals surface area (Å²) in [6, 6.07) is 8.46. The number of rotatable bonds is 5. The molecule has 0 radical (unpaired) electrons. The molecule has 1 aromatic carbocycles. The van der Waals surface area contributed by atoms with E-state index in [1.165, 1.54) is 11.1 Å². The molecule has 0 aliphatic heterocycles. The number of carbonyl (C=O) groups is 2. The Labute approximate surface area is 150 Å². The summed E-state index contributed by atoms with van der Waals surface area (Å²) in [6.45, 7) is 7.17. The van der Waals surface area contributed by atoms with Gasteiger partial charge in [-0.2, -0.15) is 0 Å². The Hall–Kier alpha value is -2.04. The molecule has 0 unspecified atom stereocenters. The first-order valence-electron chi connectivity index (χ1n) is 9.12. The van der Waals surface area contributed by atoms with Gasteiger partial charge in [-0.15, -0.1) is 0 Å². The second-order valence-corrected chi connectivity index (χ2v) is 7.98. The van der Waals surface area contributed by atoms with Gasteiger partial charge in [-0.1, -0.05) is 45.0 Å². The van der Waals surface area contributed by atoms with Crippen molar-refractivity contribution in [3.8, 4) is 0 Å². The van der Waals surface area contributed by atoms with E-state index in [0.717, 1.165) is 19.3 Å². The number of benzene rings is 1. The minimum atomic E-state index is -0.722. The maximum Gasteiger partial charge on any atom is 0.315 e. The first-order chi connectivity index (χ1) is 11.8. The maximum atomic E-state index is 12.0. The van der Waals surface area contributed by atoms with Crippen molar-refractivity contribution in [3.63, 3.8) is 0 Å². The quantitative estimate of drug-likeness (QED) is 0.764. The van der Waals surface area contributed by atoms with E-state index >= 15 is 0 Å². The normalized spacial score (nSPS) is 20.8. The first-order valence-corrected chi connectivity index (χ1v) is 9.12. The summed E-state index contributed by atoms with van der Waals surface area (Å²) < 4.78 is 0. The van der Waals surface area contributed by atoms with Crippen molar-refractivity contribution in [2.75, 3.05) is 6.54 Å². The third kappa shape index (κ3) is 6.07. The predicted molar refractivity (Wildman–Crippen MR) is 98.8 cm³/mol. The van der Waals surface area contributed by atoms with E-state index in [1.807, 2.05) is 0 Å². The van der Waals surface area contributed by atoms with Gasteiger partial charge in [0.15, 0.2) is 0 Å². The van der Waals surface area contributed by atoms with Crippen molar-refractivity contribution >= 4 is 12.0 Å². The lowest BCUT2D eigenvalue weighted by Crippen LogP contribution is -2.44. The van der Waals surface area contributed by atoms with Gasteiger partial charge in [-0.25, -0.2) is 4.79 Å². The van der Waals surface area contributed by atoms with Crippen LogP contribution < -0.4 is 10.6 Å². The molecular formula is C20H30N2O3. The van der Waals surface area contributed by atoms with E-state index in [-0.39, 0.29) is 23.4 Å². The van der Waals surface area contributed by atoms with E-state index in [1.54, 1.807) is 0 Å². The maximum absolute atomic E-state index is 12.0. The minimum Gasteiger partial charge on any atom is -0.481 e. The molecule has 1 aliphatic carbocycles. The Bertz CT molecular complexity index is 582. The van der Waals surface area contributed by atoms with Gasteiger partial charge in [0, 0.05) is 12.6 Å². The van der Waals surface area contributed by atoms with Crippen molar-refractivity contribution in [2.45, 2.75) is 64.3 Å². The number of carboxylic acids is 1. The summed E-state index contributed by atoms with van der Waals surface area (Å²) in [4.78, 5) is 22.9. The largest absolute Gasteiger partial charge is 0.481 e. The molecule has 3 N–H and O–H groups in total. The van der Waals surface area contributed by atoms with Gasteiger partial charge < -0.3 is 15.7 Å². The summed E-state index contributed by atoms with van der Waals surface area (Å²) in [7, 11) is 0. The van der Waals surface area contributed by atoms with Crippen LogP contribution in [0.3, 0.4) is 0 Å². The fourth-order valence-electron chi connectivity index (χ4n) is 3.21. The Kier molecular flexibility index (Phi) is 6.45. The highest BCUT2D eigenvalue weighted by atomic mass is 16.4. The van der Waals surface area contributed by atoms with Crippen LogP contribution in [0.5, 0.6) is 0 Å². The molecule has 2 amide bonds. The third-order valence-electron chi connectivity index (χ3n) is 4.93. The van der Waals surface area contributed by atoms with Crippen LogP contribution in [0.2, 0.25) is 0 Å². The zero-order valence-corrected chi connectivity index (χ0v) is 15.5. The Morgan fingerprint density at radius 3 is 2.20 bits per heavy atom. The van der Waals surface area contributed by atoms with E-state index < -0.39 is 5.97 Å². The van der Waals surface area contributed by atoms with Gasteiger partial charge in [0.2, 0.25) is 0 Å². The number of urea groups is 1. The Morgan fingerprint density at radius 2 is 1.68 bits per heavy atom. The van der Waals surface area contributed by atoms with Crippen LogP contribution in [-0.2, 0) is 16.6 Å². The molecule has 0 spiro atoms. The third-order valence-corrected chi connectivity index (χ3v) is 4.93. The topological polar surface area (TPSA) is 78.4 Å². The van der Waals surface area contributed by atoms with Gasteiger partial charge in [0.05, 0.1) is 5.92 Å². The number of carbonyl (C=O) groups excluding carboxylic acids is 1. The van der Waals surface area contributed by atoms with Crippen LogP contribution in [0, 0.1) is 5.92 Å². The molecule has 138 valence electrons. The van der Waals surface area contributed by atoms with E-state index in [4.69, 9.17) is 5.11 Å². The highest BCUT2D eigenvalue weighted by Crippen LogP contribution is 2.24. The average Bonchev–Trinajstić information content (AvgIpc) is 2.55. The van der Waals surface area contributed by atoms with Crippen LogP contribution in [0.4, 0.5) is 4.79 Å². The van der Waals surface area contributed by atoms with Crippen molar-refractivity contribution in [2.24, 2.45) is 5.92 Å². The SMILES string of the molecule is CC(C)(C)c1ccc(CCNC(=O)NC2CCC(C(=O)O)CC2)cc1. The lowest BCUT2D eigenvalue weighted by Gasteiger charge is -2.26. The highest BCUT2D eigenvalue weighted by Gasteiger charge is 2.26. The van der Waals surface area contributed by atoms with E-state index in [0.29, 0.717) is 19.4 Å². The van der Waals surface area contributed by atoms with E-state index in [9.17, 15) is 9.59 Å². The number of hydrogen-bond acceptors (Lipinski definition) is 2. The lowest BCUT2D eigenvalue weighted by molar-refractivity contribution is -0.142. The summed E-state index contributed by atoms with van der Waals surface area (Å²) in [5.41, 5.74) is 2.66. The number of aliphatic carboxylic acids is 1. The molecule has 25 heavy (non-hydrogen) atoms. The standard InChI is InChI=1S/C20H30N2O3/c1-20(2,3)16-8-4-14(5-9-16)12-13-21-19(25)22-17-10-6-15(7-11-17)18(23)24/h4-5,8-9,15,17H,6-7,10-13H2,1-3H3,(H,23,24)(H2,21,22,25). The fourth-order valence-corrected chi connectivity index (χ4v) is 3.21. The second-order valence-electron chi connectivity index (χ2n) is 7.98. The monoisotopic (exact) mass is 346 g/mol. The average molecular weight is 346 g/mol. The van der Waals surface area contributed by atoms with Crippen molar-refractivity contribution in [1.82, 2.24) is 10.6 Å². The highest BCUT2D eigenvalue weighted by molar-refractivity contribution is 5.74. The first kappa shape index (κ1) is 19.3. The van der Waals surface area contributed by atoms with Crippen LogP contribution in [0.15, 0.2) is 24.3 Å². The molecule has 1 aromatic rings. The molecule has 0 atom stereocenters. The van der Waals surface area contributed by atoms with Crippen LogP contribution in [0.25, 0.3) is 0 Å². The van der Waals surface area contributed by atoms with Crippen molar-refractivity contribution < 1.29 is 14.7 Å². The van der Waals surface area contributed by atoms with Crippen LogP contribution in [0.1, 0.15) is 57.6 Å². The molecule has 1 fully saturated rings. The van der Waals surface area contributed by atoms with E-state index in [2.05, 4.69) is 55.7 Å². The van der Waals surface area contributed by atoms with Gasteiger partial charge >= 0.3 is 12.0 Å². The molecule has 0 aromatic heterocycles.